The molecular weight excluding hydrogens is 874 g/mol. The number of piperidine rings is 1. The van der Waals surface area contributed by atoms with E-state index in [4.69, 9.17) is 16.7 Å². The number of amides is 1. The number of benzene rings is 4. The van der Waals surface area contributed by atoms with E-state index in [1.54, 1.807) is 29.5 Å². The highest BCUT2D eigenvalue weighted by molar-refractivity contribution is 7.99. The topological polar surface area (TPSA) is 126 Å². The summed E-state index contributed by atoms with van der Waals surface area (Å²) in [6.45, 7) is 20.6. The van der Waals surface area contributed by atoms with Gasteiger partial charge in [0.25, 0.3) is 11.6 Å². The van der Waals surface area contributed by atoms with Crippen molar-refractivity contribution in [3.63, 3.8) is 0 Å². The largest absolute Gasteiger partial charge is 0.400 e. The van der Waals surface area contributed by atoms with Gasteiger partial charge in [-0.2, -0.15) is 0 Å². The normalized spacial score (nSPS) is 16.8. The van der Waals surface area contributed by atoms with Crippen LogP contribution in [-0.2, 0) is 0 Å². The molecule has 4 N–H and O–H groups in total. The molecule has 2 saturated heterocycles. The third-order valence-corrected chi connectivity index (χ3v) is 14.1. The highest BCUT2D eigenvalue weighted by Gasteiger charge is 2.29. The fourth-order valence-electron chi connectivity index (χ4n) is 8.62. The van der Waals surface area contributed by atoms with Gasteiger partial charge in [-0.05, 0) is 141 Å². The fraction of sp³-hybridized carbons (Fsp3) is 0.471. The lowest BCUT2D eigenvalue weighted by molar-refractivity contribution is -0.384. The molecule has 4 aromatic rings. The van der Waals surface area contributed by atoms with Crippen LogP contribution < -0.4 is 20.3 Å². The molecule has 0 atom stereocenters. The van der Waals surface area contributed by atoms with Crippen LogP contribution in [0.5, 0.6) is 0 Å². The number of likely N-dealkylation sites (tertiary alicyclic amines) is 1. The van der Waals surface area contributed by atoms with E-state index < -0.39 is 4.92 Å². The molecule has 352 valence electrons. The van der Waals surface area contributed by atoms with Gasteiger partial charge in [-0.1, -0.05) is 82.1 Å². The molecule has 0 saturated carbocycles. The SMILES string of the molecule is CC1(C)CCC(c2ccc(Cl)cc2)=C(CN2CCN(c3ccc(C(=O)NSc4ccc(NCCSc5ccccc5)c([N+](=O)[O-])c4)cc3)CC2)C1.CCN1CCC(NC(C)C)CC1.CO. The Bertz CT molecular complexity index is 2110. The second-order valence-electron chi connectivity index (χ2n) is 17.8. The van der Waals surface area contributed by atoms with Crippen LogP contribution in [0.1, 0.15) is 82.6 Å². The summed E-state index contributed by atoms with van der Waals surface area (Å²) in [6.07, 6.45) is 6.05. The molecule has 2 fully saturated rings. The molecule has 11 nitrogen and oxygen atoms in total. The second kappa shape index (κ2) is 26.3. The lowest BCUT2D eigenvalue weighted by Gasteiger charge is -2.39. The predicted octanol–water partition coefficient (Wildman–Crippen LogP) is 10.8. The van der Waals surface area contributed by atoms with Crippen LogP contribution in [0.4, 0.5) is 17.1 Å². The first-order valence-corrected chi connectivity index (χ1v) is 25.2. The smallest absolute Gasteiger partial charge is 0.293 e. The quantitative estimate of drug-likeness (QED) is 0.0282. The summed E-state index contributed by atoms with van der Waals surface area (Å²) >= 11 is 8.95. The lowest BCUT2D eigenvalue weighted by Crippen LogP contribution is -2.47. The number of nitrogens with zero attached hydrogens (tertiary/aromatic N) is 4. The van der Waals surface area contributed by atoms with Crippen molar-refractivity contribution in [2.75, 3.05) is 82.0 Å². The van der Waals surface area contributed by atoms with Crippen molar-refractivity contribution < 1.29 is 14.8 Å². The summed E-state index contributed by atoms with van der Waals surface area (Å²) in [4.78, 5) is 33.6. The first-order valence-electron chi connectivity index (χ1n) is 23.0. The number of aliphatic hydroxyl groups is 1. The van der Waals surface area contributed by atoms with Crippen molar-refractivity contribution in [2.24, 2.45) is 5.41 Å². The van der Waals surface area contributed by atoms with Gasteiger partial charge in [0.1, 0.15) is 5.69 Å². The Morgan fingerprint density at radius 2 is 1.57 bits per heavy atom. The number of hydrogen-bond acceptors (Lipinski definition) is 11. The number of allylic oxidation sites excluding steroid dienone is 1. The zero-order chi connectivity index (χ0) is 46.8. The van der Waals surface area contributed by atoms with Crippen molar-refractivity contribution >= 4 is 63.9 Å². The van der Waals surface area contributed by atoms with E-state index in [1.165, 1.54) is 56.1 Å². The predicted molar refractivity (Wildman–Crippen MR) is 275 cm³/mol. The number of thioether (sulfide) groups is 1. The summed E-state index contributed by atoms with van der Waals surface area (Å²) in [6, 6.07) is 32.4. The average Bonchev–Trinajstić information content (AvgIpc) is 3.31. The molecular formula is C51H70ClN7O4S2. The van der Waals surface area contributed by atoms with Gasteiger partial charge in [-0.25, -0.2) is 0 Å². The maximum Gasteiger partial charge on any atom is 0.293 e. The van der Waals surface area contributed by atoms with Crippen molar-refractivity contribution in [2.45, 2.75) is 88.6 Å². The Morgan fingerprint density at radius 1 is 0.892 bits per heavy atom. The van der Waals surface area contributed by atoms with Crippen molar-refractivity contribution in [1.82, 2.24) is 19.8 Å². The van der Waals surface area contributed by atoms with Gasteiger partial charge in [0.2, 0.25) is 0 Å². The lowest BCUT2D eigenvalue weighted by atomic mass is 9.73. The molecule has 7 rings (SSSR count). The van der Waals surface area contributed by atoms with E-state index in [0.29, 0.717) is 34.1 Å². The number of halogens is 1. The monoisotopic (exact) mass is 943 g/mol. The van der Waals surface area contributed by atoms with Gasteiger partial charge in [0, 0.05) is 96.3 Å². The number of nitro benzene ring substituents is 1. The zero-order valence-corrected chi connectivity index (χ0v) is 41.5. The Labute approximate surface area is 401 Å². The van der Waals surface area contributed by atoms with Crippen molar-refractivity contribution in [1.29, 1.82) is 0 Å². The van der Waals surface area contributed by atoms with Crippen LogP contribution in [-0.4, -0.2) is 110 Å². The second-order valence-corrected chi connectivity index (χ2v) is 20.3. The van der Waals surface area contributed by atoms with Crippen LogP contribution >= 0.6 is 35.3 Å². The van der Waals surface area contributed by atoms with Gasteiger partial charge in [0.15, 0.2) is 0 Å². The first kappa shape index (κ1) is 51.9. The van der Waals surface area contributed by atoms with Crippen LogP contribution in [0.3, 0.4) is 0 Å². The number of carbonyl (C=O) groups is 1. The number of nitro groups is 1. The average molecular weight is 945 g/mol. The van der Waals surface area contributed by atoms with Crippen LogP contribution in [0.15, 0.2) is 112 Å². The molecule has 3 aliphatic rings. The molecule has 65 heavy (non-hydrogen) atoms. The maximum absolute atomic E-state index is 13.0. The molecule has 4 aromatic carbocycles. The number of nitrogens with one attached hydrogen (secondary N) is 3. The minimum absolute atomic E-state index is 0.0234. The number of hydrogen-bond donors (Lipinski definition) is 4. The Balaban J connectivity index is 0.000000488. The van der Waals surface area contributed by atoms with Crippen LogP contribution in [0, 0.1) is 15.5 Å². The molecule has 1 amide bonds. The van der Waals surface area contributed by atoms with Gasteiger partial charge >= 0.3 is 0 Å². The van der Waals surface area contributed by atoms with E-state index in [2.05, 4.69) is 76.8 Å². The molecule has 0 radical (unpaired) electrons. The zero-order valence-electron chi connectivity index (χ0n) is 39.2. The van der Waals surface area contributed by atoms with Gasteiger partial charge < -0.3 is 25.5 Å². The Kier molecular flexibility index (Phi) is 21.0. The van der Waals surface area contributed by atoms with E-state index in [0.717, 1.165) is 92.0 Å². The molecule has 14 heteroatoms. The summed E-state index contributed by atoms with van der Waals surface area (Å²) in [5.74, 6) is 0.520. The molecule has 0 aromatic heterocycles. The fourth-order valence-corrected chi connectivity index (χ4v) is 10.2. The number of aliphatic hydroxyl groups excluding tert-OH is 1. The summed E-state index contributed by atoms with van der Waals surface area (Å²) in [5, 5.41) is 26.4. The number of anilines is 2. The highest BCUT2D eigenvalue weighted by Crippen LogP contribution is 2.43. The molecule has 1 aliphatic carbocycles. The van der Waals surface area contributed by atoms with E-state index in [-0.39, 0.29) is 11.6 Å². The first-order chi connectivity index (χ1) is 31.4. The minimum atomic E-state index is -0.399. The van der Waals surface area contributed by atoms with Crippen LogP contribution in [0.2, 0.25) is 5.02 Å². The van der Waals surface area contributed by atoms with Gasteiger partial charge in [-0.15, -0.1) is 11.8 Å². The third kappa shape index (κ3) is 16.6. The number of carbonyl (C=O) groups excluding carboxylic acids is 1. The van der Waals surface area contributed by atoms with Gasteiger partial charge in [-0.3, -0.25) is 24.5 Å². The third-order valence-electron chi connectivity index (χ3n) is 12.1. The molecule has 0 unspecified atom stereocenters. The minimum Gasteiger partial charge on any atom is -0.400 e. The van der Waals surface area contributed by atoms with Crippen molar-refractivity contribution in [3.8, 4) is 0 Å². The highest BCUT2D eigenvalue weighted by atomic mass is 35.5. The van der Waals surface area contributed by atoms with Crippen LogP contribution in [0.25, 0.3) is 5.57 Å². The maximum atomic E-state index is 13.0. The summed E-state index contributed by atoms with van der Waals surface area (Å²) < 4.78 is 2.84. The summed E-state index contributed by atoms with van der Waals surface area (Å²) in [7, 11) is 1.00. The number of rotatable bonds is 16. The summed E-state index contributed by atoms with van der Waals surface area (Å²) in [5.41, 5.74) is 6.70. The van der Waals surface area contributed by atoms with E-state index >= 15 is 0 Å². The standard InChI is InChI=1S/C40H44ClN5O3S2.C10H22N2.CH4O/c1-40(2)19-18-36(29-8-12-32(41)13-9-29)31(27-40)28-44-21-23-45(24-22-44)33-14-10-30(11-15-33)39(47)43-51-35-16-17-37(38(26-35)46(48)49)42-20-25-50-34-6-4-3-5-7-34;1-4-12-7-5-10(6-8-12)11-9(2)3;1-2/h3-17,26,42H,18-25,27-28H2,1-2H3,(H,43,47);9-11H,4-8H2,1-3H3;2H,1H3. The van der Waals surface area contributed by atoms with E-state index in [9.17, 15) is 14.9 Å². The molecule has 0 spiro atoms. The molecule has 2 heterocycles. The molecule has 0 bridgehead atoms. The number of piperazine rings is 1. The Morgan fingerprint density at radius 3 is 2.20 bits per heavy atom. The van der Waals surface area contributed by atoms with Gasteiger partial charge in [0.05, 0.1) is 4.92 Å². The van der Waals surface area contributed by atoms with E-state index in [1.807, 2.05) is 66.7 Å². The molecule has 2 aliphatic heterocycles. The Hall–Kier alpha value is -4.08. The van der Waals surface area contributed by atoms with Crippen molar-refractivity contribution in [3.05, 3.63) is 129 Å².